The van der Waals surface area contributed by atoms with E-state index in [1.54, 1.807) is 0 Å². The molecule has 2 aliphatic rings. The monoisotopic (exact) mass is 1060 g/mol. The molecule has 2 aromatic heterocycles. The smallest absolute Gasteiger partial charge is 0.252 e. The summed E-state index contributed by atoms with van der Waals surface area (Å²) in [7, 11) is 0. The van der Waals surface area contributed by atoms with Gasteiger partial charge in [0.2, 0.25) is 0 Å². The summed E-state index contributed by atoms with van der Waals surface area (Å²) in [4.78, 5) is 5.18. The highest BCUT2D eigenvalue weighted by atomic mass is 15.2. The van der Waals surface area contributed by atoms with Crippen LogP contribution in [0.5, 0.6) is 0 Å². The quantitative estimate of drug-likeness (QED) is 0.134. The topological polar surface area (TPSA) is 16.3 Å². The zero-order valence-corrected chi connectivity index (χ0v) is 47.0. The van der Waals surface area contributed by atoms with Crippen molar-refractivity contribution in [3.8, 4) is 22.5 Å². The molecule has 0 aliphatic carbocycles. The minimum atomic E-state index is -0.392. The lowest BCUT2D eigenvalue weighted by atomic mass is 9.33. The average Bonchev–Trinajstić information content (AvgIpc) is 1.89. The Morgan fingerprint density at radius 3 is 1.01 bits per heavy atom. The van der Waals surface area contributed by atoms with Gasteiger partial charge in [0.05, 0.1) is 22.1 Å². The Bertz CT molecular complexity index is 4740. The highest BCUT2D eigenvalue weighted by molar-refractivity contribution is 7.00. The van der Waals surface area contributed by atoms with Gasteiger partial charge in [0.25, 0.3) is 6.71 Å². The lowest BCUT2D eigenvalue weighted by Gasteiger charge is -2.45. The van der Waals surface area contributed by atoms with Gasteiger partial charge >= 0.3 is 0 Å². The molecule has 0 spiro atoms. The SMILES string of the molecule is CC(C)(c1ccccc1)c1ccc(N2c3cc(-n4c5ccccc5c5ccccc54)ccc3B3c4ccc(-n5c6ccccc6c6ccccc65)cc4N(c4ccc(-c5ccccc5)cc4)c4cc(C(C)(C)c5ccccc5)cc2c43)cc1. The van der Waals surface area contributed by atoms with Crippen LogP contribution in [-0.4, -0.2) is 15.8 Å². The van der Waals surface area contributed by atoms with E-state index in [1.165, 1.54) is 105 Å². The fourth-order valence-electron chi connectivity index (χ4n) is 14.1. The second kappa shape index (κ2) is 18.7. The number of hydrogen-bond acceptors (Lipinski definition) is 2. The number of rotatable bonds is 9. The summed E-state index contributed by atoms with van der Waals surface area (Å²) in [6.45, 7) is 9.35. The molecule has 0 saturated heterocycles. The Hall–Kier alpha value is -10.1. The van der Waals surface area contributed by atoms with Crippen molar-refractivity contribution in [2.45, 2.75) is 38.5 Å². The fraction of sp³-hybridized carbons (Fsp3) is 0.0769. The lowest BCUT2D eigenvalue weighted by molar-refractivity contribution is 0.640. The van der Waals surface area contributed by atoms with Gasteiger partial charge in [-0.3, -0.25) is 0 Å². The second-order valence-electron chi connectivity index (χ2n) is 23.7. The van der Waals surface area contributed by atoms with Gasteiger partial charge in [0, 0.05) is 77.9 Å². The molecule has 0 radical (unpaired) electrons. The number of para-hydroxylation sites is 4. The third-order valence-electron chi connectivity index (χ3n) is 18.5. The largest absolute Gasteiger partial charge is 0.311 e. The average molecular weight is 1060 g/mol. The maximum absolute atomic E-state index is 2.60. The first-order valence-electron chi connectivity index (χ1n) is 29.1. The predicted molar refractivity (Wildman–Crippen MR) is 352 cm³/mol. The first-order valence-corrected chi connectivity index (χ1v) is 29.1. The Morgan fingerprint density at radius 2 is 0.590 bits per heavy atom. The summed E-state index contributed by atoms with van der Waals surface area (Å²) in [6.07, 6.45) is 0. The van der Waals surface area contributed by atoms with Gasteiger partial charge in [-0.05, 0) is 135 Å². The van der Waals surface area contributed by atoms with E-state index >= 15 is 0 Å². The van der Waals surface area contributed by atoms with Crippen LogP contribution >= 0.6 is 0 Å². The minimum Gasteiger partial charge on any atom is -0.311 e. The van der Waals surface area contributed by atoms with Gasteiger partial charge in [0.15, 0.2) is 0 Å². The zero-order valence-electron chi connectivity index (χ0n) is 47.0. The van der Waals surface area contributed by atoms with E-state index in [0.29, 0.717) is 0 Å². The third kappa shape index (κ3) is 7.54. The second-order valence-corrected chi connectivity index (χ2v) is 23.7. The first-order chi connectivity index (χ1) is 40.7. The van der Waals surface area contributed by atoms with Crippen LogP contribution in [-0.2, 0) is 10.8 Å². The molecule has 83 heavy (non-hydrogen) atoms. The van der Waals surface area contributed by atoms with E-state index in [-0.39, 0.29) is 12.1 Å². The van der Waals surface area contributed by atoms with Gasteiger partial charge < -0.3 is 18.9 Å². The molecule has 0 unspecified atom stereocenters. The highest BCUT2D eigenvalue weighted by Gasteiger charge is 2.45. The summed E-state index contributed by atoms with van der Waals surface area (Å²) in [5.74, 6) is 0. The molecule has 0 saturated carbocycles. The van der Waals surface area contributed by atoms with Gasteiger partial charge in [-0.2, -0.15) is 0 Å². The van der Waals surface area contributed by atoms with Crippen LogP contribution in [0, 0.1) is 0 Å². The standard InChI is InChI=1S/C78H59BN4/c1-77(2,54-24-10-6-11-25-54)56-38-42-59(43-39-56)81-73-51-61(83-70-34-20-16-30-64(70)65-31-17-21-35-71(65)83)45-47-67(73)79-66-46-44-60(82-68-32-18-14-28-62(68)63-29-15-19-33-69(63)82)50-72(66)80(58-40-36-53(37-41-58)52-22-8-5-9-23-52)74-48-57(49-75(81)76(74)79)78(3,4)55-26-12-7-13-27-55/h5-51H,1-4H3. The molecule has 0 amide bonds. The van der Waals surface area contributed by atoms with Crippen LogP contribution in [0.2, 0.25) is 0 Å². The van der Waals surface area contributed by atoms with Crippen molar-refractivity contribution in [2.75, 3.05) is 9.80 Å². The Labute approximate surface area is 485 Å². The van der Waals surface area contributed by atoms with Crippen molar-refractivity contribution in [3.63, 3.8) is 0 Å². The molecule has 14 aromatic rings. The Kier molecular flexibility index (Phi) is 11.0. The molecule has 4 heterocycles. The molecule has 5 heteroatoms. The van der Waals surface area contributed by atoms with E-state index in [4.69, 9.17) is 0 Å². The normalized spacial score (nSPS) is 13.0. The van der Waals surface area contributed by atoms with Crippen molar-refractivity contribution in [1.29, 1.82) is 0 Å². The first kappa shape index (κ1) is 48.8. The molecule has 12 aromatic carbocycles. The van der Waals surface area contributed by atoms with Crippen molar-refractivity contribution in [1.82, 2.24) is 9.13 Å². The van der Waals surface area contributed by atoms with E-state index in [0.717, 1.165) is 34.1 Å². The fourth-order valence-corrected chi connectivity index (χ4v) is 14.1. The maximum Gasteiger partial charge on any atom is 0.252 e. The molecule has 0 bridgehead atoms. The zero-order chi connectivity index (χ0) is 55.6. The maximum atomic E-state index is 2.60. The molecule has 0 fully saturated rings. The molecule has 2 aliphatic heterocycles. The van der Waals surface area contributed by atoms with Crippen LogP contribution in [0.1, 0.15) is 49.9 Å². The summed E-state index contributed by atoms with van der Waals surface area (Å²) in [5, 5.41) is 4.98. The number of benzene rings is 12. The van der Waals surface area contributed by atoms with Crippen molar-refractivity contribution < 1.29 is 0 Å². The van der Waals surface area contributed by atoms with Gasteiger partial charge in [-0.1, -0.05) is 228 Å². The molecule has 0 N–H and O–H groups in total. The van der Waals surface area contributed by atoms with Crippen LogP contribution in [0.25, 0.3) is 66.1 Å². The van der Waals surface area contributed by atoms with Gasteiger partial charge in [0.1, 0.15) is 0 Å². The van der Waals surface area contributed by atoms with E-state index < -0.39 is 5.41 Å². The number of hydrogen-bond donors (Lipinski definition) is 0. The third-order valence-corrected chi connectivity index (χ3v) is 18.5. The van der Waals surface area contributed by atoms with Crippen LogP contribution in [0.15, 0.2) is 285 Å². The summed E-state index contributed by atoms with van der Waals surface area (Å²) in [6, 6.07) is 107. The van der Waals surface area contributed by atoms with E-state index in [1.807, 2.05) is 0 Å². The number of anilines is 6. The molecular formula is C78H59BN4. The molecule has 4 nitrogen and oxygen atoms in total. The highest BCUT2D eigenvalue weighted by Crippen LogP contribution is 2.49. The molecule has 16 rings (SSSR count). The molecule has 0 atom stereocenters. The van der Waals surface area contributed by atoms with Crippen molar-refractivity contribution in [3.05, 3.63) is 307 Å². The summed E-state index contributed by atoms with van der Waals surface area (Å²) < 4.78 is 4.94. The van der Waals surface area contributed by atoms with Crippen LogP contribution in [0.3, 0.4) is 0 Å². The van der Waals surface area contributed by atoms with Gasteiger partial charge in [-0.15, -0.1) is 0 Å². The van der Waals surface area contributed by atoms with E-state index in [2.05, 4.69) is 332 Å². The predicted octanol–water partition coefficient (Wildman–Crippen LogP) is 18.3. The lowest BCUT2D eigenvalue weighted by Crippen LogP contribution is -2.61. The van der Waals surface area contributed by atoms with Crippen LogP contribution < -0.4 is 26.2 Å². The summed E-state index contributed by atoms with van der Waals surface area (Å²) in [5.41, 5.74) is 24.5. The van der Waals surface area contributed by atoms with E-state index in [9.17, 15) is 0 Å². The molecule has 394 valence electrons. The minimum absolute atomic E-state index is 0.120. The number of aromatic nitrogens is 2. The molecular weight excluding hydrogens is 1000 g/mol. The Balaban J connectivity index is 1.00. The Morgan fingerprint density at radius 1 is 0.265 bits per heavy atom. The number of fused-ring (bicyclic) bond motifs is 10. The van der Waals surface area contributed by atoms with Crippen molar-refractivity contribution >= 4 is 101 Å². The van der Waals surface area contributed by atoms with Crippen LogP contribution in [0.4, 0.5) is 34.1 Å². The number of nitrogens with zero attached hydrogens (tertiary/aromatic N) is 4. The van der Waals surface area contributed by atoms with Crippen molar-refractivity contribution in [2.24, 2.45) is 0 Å². The summed E-state index contributed by atoms with van der Waals surface area (Å²) >= 11 is 0. The van der Waals surface area contributed by atoms with Gasteiger partial charge in [-0.25, -0.2) is 0 Å².